The Kier molecular flexibility index (Phi) is 16.5. The Bertz CT molecular complexity index is 2500. The van der Waals surface area contributed by atoms with Crippen molar-refractivity contribution in [3.63, 3.8) is 0 Å². The molecule has 0 fully saturated rings. The molecule has 346 valence electrons. The van der Waals surface area contributed by atoms with Crippen molar-refractivity contribution in [1.82, 2.24) is 51.8 Å². The molecule has 65 heavy (non-hydrogen) atoms. The average Bonchev–Trinajstić information content (AvgIpc) is 4.04. The van der Waals surface area contributed by atoms with Crippen molar-refractivity contribution < 1.29 is 58.8 Å². The highest BCUT2D eigenvalue weighted by Gasteiger charge is 2.36. The van der Waals surface area contributed by atoms with Gasteiger partial charge in [-0.15, -0.1) is 0 Å². The van der Waals surface area contributed by atoms with Gasteiger partial charge in [-0.2, -0.15) is 0 Å². The van der Waals surface area contributed by atoms with E-state index in [0.29, 0.717) is 27.7 Å². The Morgan fingerprint density at radius 3 is 1.58 bits per heavy atom. The number of amides is 6. The summed E-state index contributed by atoms with van der Waals surface area (Å²) in [6, 6.07) is 3.51. The average molecular weight is 902 g/mol. The lowest BCUT2D eigenvalue weighted by Crippen LogP contribution is -2.62. The molecule has 0 unspecified atom stereocenters. The van der Waals surface area contributed by atoms with Gasteiger partial charge in [0.15, 0.2) is 0 Å². The second kappa shape index (κ2) is 22.1. The maximum atomic E-state index is 14.5. The number of carbonyl (C=O) groups excluding carboxylic acids is 6. The lowest BCUT2D eigenvalue weighted by atomic mass is 10.0. The highest BCUT2D eigenvalue weighted by atomic mass is 16.4. The molecule has 3 heterocycles. The van der Waals surface area contributed by atoms with Crippen LogP contribution in [0.3, 0.4) is 0 Å². The largest absolute Gasteiger partial charge is 0.481 e. The number of aliphatic carboxylic acids is 2. The third-order valence-electron chi connectivity index (χ3n) is 10.4. The highest BCUT2D eigenvalue weighted by Crippen LogP contribution is 2.21. The number of nitrogens with two attached hydrogens (primary N) is 1. The number of aromatic amines is 3. The second-order valence-electron chi connectivity index (χ2n) is 15.3. The molecule has 0 radical (unpaired) electrons. The standard InChI is InChI=1S/C42H51N11O12/c1-20(42(64)65)48-40(62)33(18-54)52-41(63)35(21(2)55)53-39(61)32(13-24-17-44-19-47-24)51-38(60)31(12-23-16-46-29-10-6-4-8-26(23)29)50-37(59)30(49-36(58)27(43)14-34(56)57)11-22-15-45-28-9-5-3-7-25(22)28/h3-10,15-17,19-21,27,30-33,35,45-46,54-55H,11-14,18,43H2,1-2H3,(H,44,47)(H,48,62)(H,49,58)(H,50,59)(H,51,60)(H,52,63)(H,53,61)(H,56,57)(H,64,65)/t20-,21+,27-,30-,31-,32-,33-,35-/m0/s1. The lowest BCUT2D eigenvalue weighted by molar-refractivity contribution is -0.142. The molecule has 0 saturated heterocycles. The van der Waals surface area contributed by atoms with Crippen LogP contribution >= 0.6 is 0 Å². The number of benzene rings is 2. The summed E-state index contributed by atoms with van der Waals surface area (Å²) in [6.07, 6.45) is 3.03. The van der Waals surface area contributed by atoms with Gasteiger partial charge < -0.3 is 73.0 Å². The van der Waals surface area contributed by atoms with Crippen LogP contribution in [0, 0.1) is 0 Å². The van der Waals surface area contributed by atoms with Crippen molar-refractivity contribution in [2.75, 3.05) is 6.61 Å². The first-order valence-corrected chi connectivity index (χ1v) is 20.3. The van der Waals surface area contributed by atoms with E-state index >= 15 is 0 Å². The van der Waals surface area contributed by atoms with Gasteiger partial charge in [0.2, 0.25) is 35.4 Å². The minimum Gasteiger partial charge on any atom is -0.481 e. The third-order valence-corrected chi connectivity index (χ3v) is 10.4. The molecule has 6 amide bonds. The van der Waals surface area contributed by atoms with Gasteiger partial charge in [0, 0.05) is 65.4 Å². The van der Waals surface area contributed by atoms with Gasteiger partial charge in [-0.1, -0.05) is 36.4 Å². The summed E-state index contributed by atoms with van der Waals surface area (Å²) < 4.78 is 0. The molecule has 5 rings (SSSR count). The van der Waals surface area contributed by atoms with Crippen LogP contribution in [0.25, 0.3) is 21.8 Å². The minimum atomic E-state index is -1.79. The van der Waals surface area contributed by atoms with Gasteiger partial charge in [-0.3, -0.25) is 38.4 Å². The highest BCUT2D eigenvalue weighted by molar-refractivity contribution is 5.98. The molecular formula is C42H51N11O12. The summed E-state index contributed by atoms with van der Waals surface area (Å²) in [6.45, 7) is 1.33. The Morgan fingerprint density at radius 2 is 1.11 bits per heavy atom. The van der Waals surface area contributed by atoms with Crippen molar-refractivity contribution in [2.45, 2.75) is 87.9 Å². The number of aliphatic hydroxyl groups is 2. The summed E-state index contributed by atoms with van der Waals surface area (Å²) in [5, 5.41) is 54.8. The molecule has 5 aromatic rings. The molecule has 8 atom stereocenters. The van der Waals surface area contributed by atoms with Gasteiger partial charge in [-0.25, -0.2) is 4.98 Å². The van der Waals surface area contributed by atoms with Gasteiger partial charge in [0.1, 0.15) is 36.3 Å². The van der Waals surface area contributed by atoms with Crippen LogP contribution in [-0.2, 0) is 57.6 Å². The molecule has 15 N–H and O–H groups in total. The van der Waals surface area contributed by atoms with Gasteiger partial charge in [0.25, 0.3) is 0 Å². The minimum absolute atomic E-state index is 0.131. The summed E-state index contributed by atoms with van der Waals surface area (Å²) in [4.78, 5) is 118. The zero-order valence-electron chi connectivity index (χ0n) is 35.2. The van der Waals surface area contributed by atoms with E-state index in [-0.39, 0.29) is 19.3 Å². The summed E-state index contributed by atoms with van der Waals surface area (Å²) in [5.41, 5.74) is 8.82. The van der Waals surface area contributed by atoms with Crippen molar-refractivity contribution in [3.8, 4) is 0 Å². The summed E-state index contributed by atoms with van der Waals surface area (Å²) >= 11 is 0. The topological polar surface area (TPSA) is 376 Å². The van der Waals surface area contributed by atoms with Crippen LogP contribution in [0.1, 0.15) is 37.1 Å². The number of rotatable bonds is 23. The van der Waals surface area contributed by atoms with Crippen molar-refractivity contribution >= 4 is 69.2 Å². The Hall–Kier alpha value is -7.63. The number of aromatic nitrogens is 4. The molecule has 0 aliphatic heterocycles. The lowest BCUT2D eigenvalue weighted by Gasteiger charge is -2.28. The molecule has 0 bridgehead atoms. The summed E-state index contributed by atoms with van der Waals surface area (Å²) in [5.74, 6) is -8.69. The number of aliphatic hydroxyl groups excluding tert-OH is 2. The number of carboxylic acids is 2. The van der Waals surface area contributed by atoms with E-state index in [1.807, 2.05) is 0 Å². The number of H-pyrrole nitrogens is 3. The second-order valence-corrected chi connectivity index (χ2v) is 15.3. The maximum absolute atomic E-state index is 14.5. The van der Waals surface area contributed by atoms with Crippen molar-refractivity contribution in [1.29, 1.82) is 0 Å². The fourth-order valence-electron chi connectivity index (χ4n) is 6.88. The van der Waals surface area contributed by atoms with Gasteiger partial charge >= 0.3 is 11.9 Å². The number of para-hydroxylation sites is 2. The zero-order chi connectivity index (χ0) is 47.4. The van der Waals surface area contributed by atoms with E-state index in [2.05, 4.69) is 51.8 Å². The monoisotopic (exact) mass is 901 g/mol. The Balaban J connectivity index is 1.44. The number of nitrogens with zero attached hydrogens (tertiary/aromatic N) is 1. The molecule has 2 aromatic carbocycles. The number of fused-ring (bicyclic) bond motifs is 2. The van der Waals surface area contributed by atoms with Crippen LogP contribution in [0.2, 0.25) is 0 Å². The van der Waals surface area contributed by atoms with Crippen LogP contribution in [-0.4, -0.2) is 143 Å². The van der Waals surface area contributed by atoms with Crippen LogP contribution in [0.4, 0.5) is 0 Å². The molecule has 0 aliphatic rings. The predicted molar refractivity (Wildman–Crippen MR) is 230 cm³/mol. The van der Waals surface area contributed by atoms with Crippen molar-refractivity contribution in [3.05, 3.63) is 90.3 Å². The van der Waals surface area contributed by atoms with Gasteiger partial charge in [-0.05, 0) is 37.1 Å². The van der Waals surface area contributed by atoms with E-state index < -0.39 is 109 Å². The Morgan fingerprint density at radius 1 is 0.631 bits per heavy atom. The van der Waals surface area contributed by atoms with Crippen LogP contribution in [0.15, 0.2) is 73.4 Å². The fraction of sp³-hybridized carbons (Fsp3) is 0.357. The predicted octanol–water partition coefficient (Wildman–Crippen LogP) is -2.41. The number of imidazole rings is 1. The number of hydrogen-bond donors (Lipinski definition) is 14. The molecule has 3 aromatic heterocycles. The number of nitrogens with one attached hydrogen (secondary N) is 9. The Labute approximate surface area is 369 Å². The third kappa shape index (κ3) is 13.0. The molecule has 0 aliphatic carbocycles. The van der Waals surface area contributed by atoms with E-state index in [4.69, 9.17) is 10.8 Å². The molecule has 0 spiro atoms. The first-order valence-electron chi connectivity index (χ1n) is 20.3. The fourth-order valence-corrected chi connectivity index (χ4v) is 6.88. The van der Waals surface area contributed by atoms with E-state index in [1.165, 1.54) is 12.5 Å². The van der Waals surface area contributed by atoms with Crippen LogP contribution in [0.5, 0.6) is 0 Å². The van der Waals surface area contributed by atoms with Gasteiger partial charge in [0.05, 0.1) is 31.5 Å². The zero-order valence-corrected chi connectivity index (χ0v) is 35.2. The molecule has 23 nitrogen and oxygen atoms in total. The first-order chi connectivity index (χ1) is 30.9. The number of hydrogen-bond acceptors (Lipinski definition) is 12. The SMILES string of the molecule is C[C@H](NC(=O)[C@H](CO)NC(=O)[C@@H](NC(=O)[C@H](Cc1cnc[nH]1)NC(=O)[C@H](Cc1c[nH]c2ccccc12)NC(=O)[C@H](Cc1c[nH]c2ccccc12)NC(=O)[C@@H](N)CC(=O)O)[C@@H](C)O)C(=O)O. The quantitative estimate of drug-likeness (QED) is 0.0325. The molecule has 0 saturated carbocycles. The van der Waals surface area contributed by atoms with Crippen LogP contribution < -0.4 is 37.6 Å². The normalized spacial score (nSPS) is 15.0. The van der Waals surface area contributed by atoms with Crippen molar-refractivity contribution in [2.24, 2.45) is 5.73 Å². The number of carboxylic acid groups (broad SMARTS) is 2. The van der Waals surface area contributed by atoms with E-state index in [0.717, 1.165) is 24.8 Å². The smallest absolute Gasteiger partial charge is 0.325 e. The maximum Gasteiger partial charge on any atom is 0.325 e. The summed E-state index contributed by atoms with van der Waals surface area (Å²) in [7, 11) is 0. The van der Waals surface area contributed by atoms with E-state index in [1.54, 1.807) is 60.9 Å². The first kappa shape index (κ1) is 48.4. The molecule has 23 heteroatoms. The number of carbonyl (C=O) groups is 8. The molecular weight excluding hydrogens is 851 g/mol. The van der Waals surface area contributed by atoms with E-state index in [9.17, 15) is 53.7 Å².